The standard InChI is InChI=1S/C20H23N5O4S/c26-18-12-14(13-25(18)16-4-1-2-5-16)19(27)23-15-6-8-17(9-7-15)30(28,29)24-20-21-10-3-11-22-20/h3,6-11,14,16H,1-2,4-5,12-13H2,(H,23,27)(H,21,22,24)/t14-/m1/s1. The van der Waals surface area contributed by atoms with Gasteiger partial charge >= 0.3 is 0 Å². The molecule has 0 bridgehead atoms. The summed E-state index contributed by atoms with van der Waals surface area (Å²) in [5, 5.41) is 2.79. The van der Waals surface area contributed by atoms with Crippen molar-refractivity contribution in [2.24, 2.45) is 5.92 Å². The molecule has 1 aromatic heterocycles. The number of carbonyl (C=O) groups is 2. The lowest BCUT2D eigenvalue weighted by Crippen LogP contribution is -2.35. The largest absolute Gasteiger partial charge is 0.339 e. The van der Waals surface area contributed by atoms with Crippen molar-refractivity contribution in [3.8, 4) is 0 Å². The van der Waals surface area contributed by atoms with Crippen LogP contribution in [0.25, 0.3) is 0 Å². The number of sulfonamides is 1. The summed E-state index contributed by atoms with van der Waals surface area (Å²) >= 11 is 0. The van der Waals surface area contributed by atoms with Gasteiger partial charge in [0, 0.05) is 37.1 Å². The Labute approximate surface area is 175 Å². The highest BCUT2D eigenvalue weighted by Crippen LogP contribution is 2.30. The average Bonchev–Trinajstić information content (AvgIpc) is 3.38. The molecule has 30 heavy (non-hydrogen) atoms. The van der Waals surface area contributed by atoms with Crippen molar-refractivity contribution in [1.82, 2.24) is 14.9 Å². The number of anilines is 2. The number of rotatable bonds is 6. The highest BCUT2D eigenvalue weighted by Gasteiger charge is 2.38. The maximum atomic E-state index is 12.6. The van der Waals surface area contributed by atoms with Crippen molar-refractivity contribution < 1.29 is 18.0 Å². The zero-order chi connectivity index (χ0) is 21.1. The van der Waals surface area contributed by atoms with E-state index in [0.29, 0.717) is 12.2 Å². The van der Waals surface area contributed by atoms with Crippen LogP contribution in [0.3, 0.4) is 0 Å². The molecule has 1 aliphatic carbocycles. The van der Waals surface area contributed by atoms with E-state index < -0.39 is 15.9 Å². The molecule has 0 unspecified atom stereocenters. The Morgan fingerprint density at radius 3 is 2.40 bits per heavy atom. The fraction of sp³-hybridized carbons (Fsp3) is 0.400. The quantitative estimate of drug-likeness (QED) is 0.724. The van der Waals surface area contributed by atoms with Gasteiger partial charge in [-0.1, -0.05) is 12.8 Å². The molecule has 1 saturated heterocycles. The molecule has 2 aromatic rings. The smallest absolute Gasteiger partial charge is 0.264 e. The van der Waals surface area contributed by atoms with Crippen LogP contribution in [0.15, 0.2) is 47.6 Å². The fourth-order valence-corrected chi connectivity index (χ4v) is 4.93. The Morgan fingerprint density at radius 2 is 1.73 bits per heavy atom. The predicted molar refractivity (Wildman–Crippen MR) is 110 cm³/mol. The van der Waals surface area contributed by atoms with E-state index in [1.807, 2.05) is 4.90 Å². The number of aromatic nitrogens is 2. The fourth-order valence-electron chi connectivity index (χ4n) is 3.97. The number of hydrogen-bond donors (Lipinski definition) is 2. The van der Waals surface area contributed by atoms with Gasteiger partial charge in [0.05, 0.1) is 10.8 Å². The summed E-state index contributed by atoms with van der Waals surface area (Å²) in [5.41, 5.74) is 0.474. The van der Waals surface area contributed by atoms with E-state index in [1.165, 1.54) is 36.7 Å². The van der Waals surface area contributed by atoms with Crippen LogP contribution in [0.5, 0.6) is 0 Å². The van der Waals surface area contributed by atoms with E-state index in [1.54, 1.807) is 6.07 Å². The van der Waals surface area contributed by atoms with Gasteiger partial charge in [0.1, 0.15) is 0 Å². The lowest BCUT2D eigenvalue weighted by atomic mass is 10.1. The van der Waals surface area contributed by atoms with Crippen LogP contribution in [0.1, 0.15) is 32.1 Å². The Morgan fingerprint density at radius 1 is 1.07 bits per heavy atom. The van der Waals surface area contributed by atoms with E-state index in [2.05, 4.69) is 20.0 Å². The summed E-state index contributed by atoms with van der Waals surface area (Å²) < 4.78 is 27.1. The Kier molecular flexibility index (Phi) is 5.67. The minimum absolute atomic E-state index is 0.0207. The van der Waals surface area contributed by atoms with E-state index in [4.69, 9.17) is 0 Å². The number of benzene rings is 1. The number of nitrogens with zero attached hydrogens (tertiary/aromatic N) is 3. The summed E-state index contributed by atoms with van der Waals surface area (Å²) in [4.78, 5) is 34.5. The van der Waals surface area contributed by atoms with Gasteiger partial charge < -0.3 is 10.2 Å². The molecule has 1 saturated carbocycles. The van der Waals surface area contributed by atoms with Crippen molar-refractivity contribution in [2.75, 3.05) is 16.6 Å². The Hall–Kier alpha value is -3.01. The summed E-state index contributed by atoms with van der Waals surface area (Å²) in [6, 6.07) is 7.67. The van der Waals surface area contributed by atoms with Crippen LogP contribution in [0, 0.1) is 5.92 Å². The van der Waals surface area contributed by atoms with Crippen LogP contribution in [0.4, 0.5) is 11.6 Å². The molecule has 1 aliphatic heterocycles. The van der Waals surface area contributed by atoms with Gasteiger partial charge in [-0.3, -0.25) is 9.59 Å². The summed E-state index contributed by atoms with van der Waals surface area (Å²) in [7, 11) is -3.84. The normalized spacial score (nSPS) is 19.8. The second-order valence-electron chi connectivity index (χ2n) is 7.58. The SMILES string of the molecule is O=C(Nc1ccc(S(=O)(=O)Nc2ncccn2)cc1)[C@@H]1CC(=O)N(C2CCCC2)C1. The molecule has 2 amide bonds. The molecule has 2 aliphatic rings. The molecule has 1 aromatic carbocycles. The minimum atomic E-state index is -3.84. The molecule has 4 rings (SSSR count). The zero-order valence-electron chi connectivity index (χ0n) is 16.3. The molecular weight excluding hydrogens is 406 g/mol. The third kappa shape index (κ3) is 4.43. The minimum Gasteiger partial charge on any atom is -0.339 e. The van der Waals surface area contributed by atoms with Gasteiger partial charge in [-0.05, 0) is 43.2 Å². The lowest BCUT2D eigenvalue weighted by molar-refractivity contribution is -0.129. The van der Waals surface area contributed by atoms with Crippen molar-refractivity contribution in [2.45, 2.75) is 43.0 Å². The van der Waals surface area contributed by atoms with Gasteiger partial charge in [-0.25, -0.2) is 23.1 Å². The topological polar surface area (TPSA) is 121 Å². The molecule has 2 N–H and O–H groups in total. The zero-order valence-corrected chi connectivity index (χ0v) is 17.1. The molecule has 0 spiro atoms. The van der Waals surface area contributed by atoms with Crippen LogP contribution >= 0.6 is 0 Å². The van der Waals surface area contributed by atoms with Crippen LogP contribution in [-0.4, -0.2) is 47.7 Å². The van der Waals surface area contributed by atoms with Gasteiger partial charge in [0.2, 0.25) is 17.8 Å². The highest BCUT2D eigenvalue weighted by atomic mass is 32.2. The molecular formula is C20H23N5O4S. The molecule has 1 atom stereocenters. The Balaban J connectivity index is 1.37. The average molecular weight is 430 g/mol. The van der Waals surface area contributed by atoms with E-state index in [-0.39, 0.29) is 35.1 Å². The van der Waals surface area contributed by atoms with Gasteiger partial charge in [0.15, 0.2) is 0 Å². The molecule has 9 nitrogen and oxygen atoms in total. The van der Waals surface area contributed by atoms with E-state index in [9.17, 15) is 18.0 Å². The molecule has 10 heteroatoms. The summed E-state index contributed by atoms with van der Waals surface area (Å²) in [6.45, 7) is 0.447. The Bertz CT molecular complexity index is 1020. The first-order valence-corrected chi connectivity index (χ1v) is 11.4. The van der Waals surface area contributed by atoms with Crippen molar-refractivity contribution in [3.05, 3.63) is 42.7 Å². The first-order chi connectivity index (χ1) is 14.4. The lowest BCUT2D eigenvalue weighted by Gasteiger charge is -2.23. The first-order valence-electron chi connectivity index (χ1n) is 9.92. The third-order valence-electron chi connectivity index (χ3n) is 5.52. The third-order valence-corrected chi connectivity index (χ3v) is 6.86. The van der Waals surface area contributed by atoms with E-state index >= 15 is 0 Å². The molecule has 158 valence electrons. The second-order valence-corrected chi connectivity index (χ2v) is 9.26. The van der Waals surface area contributed by atoms with E-state index in [0.717, 1.165) is 25.7 Å². The van der Waals surface area contributed by atoms with Gasteiger partial charge in [-0.15, -0.1) is 0 Å². The molecule has 2 heterocycles. The maximum absolute atomic E-state index is 12.6. The first kappa shape index (κ1) is 20.3. The molecule has 0 radical (unpaired) electrons. The highest BCUT2D eigenvalue weighted by molar-refractivity contribution is 7.92. The van der Waals surface area contributed by atoms with Gasteiger partial charge in [-0.2, -0.15) is 0 Å². The number of hydrogen-bond acceptors (Lipinski definition) is 6. The van der Waals surface area contributed by atoms with Gasteiger partial charge in [0.25, 0.3) is 10.0 Å². The van der Waals surface area contributed by atoms with Crippen molar-refractivity contribution >= 4 is 33.5 Å². The number of likely N-dealkylation sites (tertiary alicyclic amines) is 1. The van der Waals surface area contributed by atoms with Crippen LogP contribution in [-0.2, 0) is 19.6 Å². The predicted octanol–water partition coefficient (Wildman–Crippen LogP) is 2.01. The van der Waals surface area contributed by atoms with Crippen LogP contribution in [0.2, 0.25) is 0 Å². The summed E-state index contributed by atoms with van der Waals surface area (Å²) in [5.74, 6) is -0.598. The number of carbonyl (C=O) groups excluding carboxylic acids is 2. The number of nitrogens with one attached hydrogen (secondary N) is 2. The summed E-state index contributed by atoms with van der Waals surface area (Å²) in [6.07, 6.45) is 7.37. The van der Waals surface area contributed by atoms with Crippen molar-refractivity contribution in [1.29, 1.82) is 0 Å². The maximum Gasteiger partial charge on any atom is 0.264 e. The second kappa shape index (κ2) is 8.39. The van der Waals surface area contributed by atoms with Crippen molar-refractivity contribution in [3.63, 3.8) is 0 Å². The number of amides is 2. The molecule has 2 fully saturated rings. The van der Waals surface area contributed by atoms with Crippen LogP contribution < -0.4 is 10.0 Å². The monoisotopic (exact) mass is 429 g/mol.